The van der Waals surface area contributed by atoms with Gasteiger partial charge in [0.05, 0.1) is 13.0 Å². The van der Waals surface area contributed by atoms with E-state index in [0.717, 1.165) is 32.1 Å². The van der Waals surface area contributed by atoms with Crippen molar-refractivity contribution in [2.75, 3.05) is 0 Å². The van der Waals surface area contributed by atoms with Crippen LogP contribution >= 0.6 is 11.6 Å². The molecule has 1 N–H and O–H groups in total. The van der Waals surface area contributed by atoms with Gasteiger partial charge in [-0.15, -0.1) is 10.2 Å². The Labute approximate surface area is 197 Å². The quantitative estimate of drug-likeness (QED) is 0.283. The molecule has 10 nitrogen and oxygen atoms in total. The zero-order chi connectivity index (χ0) is 25.3. The lowest BCUT2D eigenvalue weighted by molar-refractivity contribution is -0.136. The third-order valence-corrected chi connectivity index (χ3v) is 5.22. The standard InChI is InChI=1S/C19H16ClF5N8O2/c20-17-26-14-15(27-17)31(7-4-19(23,24)25)18(35)32(16(14)34)5-1-6-33-29-13(28-30-33)9-10-8-11(21)2-3-12(10)22/h2-3,8H,1,4-7,9H2,(H,26,27). The molecule has 0 saturated carbocycles. The highest BCUT2D eigenvalue weighted by Gasteiger charge is 2.28. The Morgan fingerprint density at radius 2 is 1.83 bits per heavy atom. The van der Waals surface area contributed by atoms with Gasteiger partial charge in [0.2, 0.25) is 5.28 Å². The number of aromatic amines is 1. The van der Waals surface area contributed by atoms with Gasteiger partial charge in [-0.05, 0) is 47.0 Å². The van der Waals surface area contributed by atoms with Gasteiger partial charge in [0.15, 0.2) is 17.0 Å². The molecule has 0 aliphatic heterocycles. The normalized spacial score (nSPS) is 12.1. The highest BCUT2D eigenvalue weighted by molar-refractivity contribution is 6.28. The van der Waals surface area contributed by atoms with Crippen molar-refractivity contribution in [2.24, 2.45) is 0 Å². The minimum Gasteiger partial charge on any atom is -0.323 e. The number of tetrazole rings is 1. The molecule has 0 atom stereocenters. The van der Waals surface area contributed by atoms with Crippen LogP contribution in [0.4, 0.5) is 22.0 Å². The molecule has 4 rings (SSSR count). The number of hydrogen-bond donors (Lipinski definition) is 1. The largest absolute Gasteiger partial charge is 0.390 e. The first-order chi connectivity index (χ1) is 16.5. The Hall–Kier alpha value is -3.62. The molecule has 186 valence electrons. The summed E-state index contributed by atoms with van der Waals surface area (Å²) in [5.41, 5.74) is -2.18. The van der Waals surface area contributed by atoms with Crippen molar-refractivity contribution in [1.29, 1.82) is 0 Å². The lowest BCUT2D eigenvalue weighted by atomic mass is 10.1. The van der Waals surface area contributed by atoms with Crippen LogP contribution in [0.15, 0.2) is 27.8 Å². The summed E-state index contributed by atoms with van der Waals surface area (Å²) in [6, 6.07) is 2.98. The molecule has 4 aromatic rings. The SMILES string of the molecule is O=c1c2[nH]c(Cl)nc2n(CCC(F)(F)F)c(=O)n1CCCn1nnc(Cc2cc(F)ccc2F)n1. The zero-order valence-corrected chi connectivity index (χ0v) is 18.4. The monoisotopic (exact) mass is 518 g/mol. The molecule has 1 aromatic carbocycles. The van der Waals surface area contributed by atoms with Crippen LogP contribution in [0.2, 0.25) is 5.28 Å². The van der Waals surface area contributed by atoms with Gasteiger partial charge < -0.3 is 4.98 Å². The predicted octanol–water partition coefficient (Wildman–Crippen LogP) is 2.44. The van der Waals surface area contributed by atoms with Crippen LogP contribution in [0.3, 0.4) is 0 Å². The molecule has 0 fully saturated rings. The molecule has 0 unspecified atom stereocenters. The molecule has 0 aliphatic carbocycles. The van der Waals surface area contributed by atoms with Gasteiger partial charge in [-0.2, -0.15) is 23.0 Å². The lowest BCUT2D eigenvalue weighted by Crippen LogP contribution is -2.41. The molecular formula is C19H16ClF5N8O2. The Kier molecular flexibility index (Phi) is 6.69. The van der Waals surface area contributed by atoms with E-state index in [0.29, 0.717) is 0 Å². The first kappa shape index (κ1) is 24.5. The van der Waals surface area contributed by atoms with Crippen LogP contribution in [0.25, 0.3) is 11.2 Å². The molecule has 16 heteroatoms. The molecule has 0 saturated heterocycles. The fourth-order valence-electron chi connectivity index (χ4n) is 3.44. The summed E-state index contributed by atoms with van der Waals surface area (Å²) in [4.78, 5) is 32.9. The fourth-order valence-corrected chi connectivity index (χ4v) is 3.61. The maximum atomic E-state index is 13.8. The van der Waals surface area contributed by atoms with E-state index >= 15 is 0 Å². The number of rotatable bonds is 8. The smallest absolute Gasteiger partial charge is 0.323 e. The Bertz CT molecular complexity index is 1490. The van der Waals surface area contributed by atoms with Crippen molar-refractivity contribution in [2.45, 2.75) is 45.1 Å². The minimum atomic E-state index is -4.53. The maximum absolute atomic E-state index is 13.8. The summed E-state index contributed by atoms with van der Waals surface area (Å²) >= 11 is 5.76. The van der Waals surface area contributed by atoms with Gasteiger partial charge in [0, 0.05) is 19.5 Å². The van der Waals surface area contributed by atoms with Gasteiger partial charge in [0.1, 0.15) is 11.6 Å². The molecule has 0 amide bonds. The number of hydrogen-bond acceptors (Lipinski definition) is 6. The summed E-state index contributed by atoms with van der Waals surface area (Å²) in [6.07, 6.45) is -5.81. The first-order valence-electron chi connectivity index (χ1n) is 10.2. The number of imidazole rings is 1. The number of aromatic nitrogens is 8. The van der Waals surface area contributed by atoms with Gasteiger partial charge in [-0.1, -0.05) is 0 Å². The average Bonchev–Trinajstić information content (AvgIpc) is 3.38. The number of H-pyrrole nitrogens is 1. The average molecular weight is 519 g/mol. The van der Waals surface area contributed by atoms with E-state index in [-0.39, 0.29) is 53.8 Å². The Balaban J connectivity index is 1.50. The highest BCUT2D eigenvalue weighted by Crippen LogP contribution is 2.21. The number of nitrogens with zero attached hydrogens (tertiary/aromatic N) is 7. The van der Waals surface area contributed by atoms with Crippen LogP contribution in [-0.4, -0.2) is 45.5 Å². The second-order valence-electron chi connectivity index (χ2n) is 7.55. The minimum absolute atomic E-state index is 0.0435. The summed E-state index contributed by atoms with van der Waals surface area (Å²) < 4.78 is 66.8. The van der Waals surface area contributed by atoms with E-state index < -0.39 is 42.0 Å². The van der Waals surface area contributed by atoms with Gasteiger partial charge in [-0.3, -0.25) is 13.9 Å². The van der Waals surface area contributed by atoms with Crippen molar-refractivity contribution in [3.8, 4) is 0 Å². The molecule has 0 radical (unpaired) electrons. The van der Waals surface area contributed by atoms with Crippen molar-refractivity contribution < 1.29 is 22.0 Å². The maximum Gasteiger partial charge on any atom is 0.390 e. The van der Waals surface area contributed by atoms with E-state index in [2.05, 4.69) is 25.4 Å². The van der Waals surface area contributed by atoms with E-state index in [1.165, 1.54) is 0 Å². The summed E-state index contributed by atoms with van der Waals surface area (Å²) in [7, 11) is 0. The zero-order valence-electron chi connectivity index (χ0n) is 17.7. The van der Waals surface area contributed by atoms with E-state index in [1.807, 2.05) is 0 Å². The van der Waals surface area contributed by atoms with Crippen molar-refractivity contribution in [3.05, 3.63) is 67.3 Å². The molecule has 0 spiro atoms. The van der Waals surface area contributed by atoms with Crippen LogP contribution in [0.5, 0.6) is 0 Å². The van der Waals surface area contributed by atoms with E-state index in [4.69, 9.17) is 11.6 Å². The molecular weight excluding hydrogens is 503 g/mol. The number of benzene rings is 1. The van der Waals surface area contributed by atoms with E-state index in [9.17, 15) is 31.5 Å². The third-order valence-electron chi connectivity index (χ3n) is 5.04. The van der Waals surface area contributed by atoms with Crippen LogP contribution < -0.4 is 11.2 Å². The number of alkyl halides is 3. The van der Waals surface area contributed by atoms with Crippen molar-refractivity contribution in [1.82, 2.24) is 39.3 Å². The predicted molar refractivity (Wildman–Crippen MR) is 112 cm³/mol. The number of aryl methyl sites for hydroxylation is 2. The molecule has 0 bridgehead atoms. The third kappa shape index (κ3) is 5.55. The van der Waals surface area contributed by atoms with Gasteiger partial charge >= 0.3 is 11.9 Å². The molecule has 35 heavy (non-hydrogen) atoms. The molecule has 0 aliphatic rings. The summed E-state index contributed by atoms with van der Waals surface area (Å²) in [5.74, 6) is -1.12. The van der Waals surface area contributed by atoms with Gasteiger partial charge in [-0.25, -0.2) is 13.6 Å². The fraction of sp³-hybridized carbons (Fsp3) is 0.368. The van der Waals surface area contributed by atoms with Crippen LogP contribution in [-0.2, 0) is 26.1 Å². The van der Waals surface area contributed by atoms with Crippen molar-refractivity contribution in [3.63, 3.8) is 0 Å². The van der Waals surface area contributed by atoms with Crippen molar-refractivity contribution >= 4 is 22.8 Å². The highest BCUT2D eigenvalue weighted by atomic mass is 35.5. The Morgan fingerprint density at radius 1 is 1.06 bits per heavy atom. The van der Waals surface area contributed by atoms with Crippen LogP contribution in [0.1, 0.15) is 24.2 Å². The lowest BCUT2D eigenvalue weighted by Gasteiger charge is -2.12. The second kappa shape index (κ2) is 9.56. The molecule has 3 aromatic heterocycles. The number of halogens is 6. The van der Waals surface area contributed by atoms with Gasteiger partial charge in [0.25, 0.3) is 5.56 Å². The topological polar surface area (TPSA) is 116 Å². The summed E-state index contributed by atoms with van der Waals surface area (Å²) in [6.45, 7) is -0.842. The number of nitrogens with one attached hydrogen (secondary N) is 1. The Morgan fingerprint density at radius 3 is 2.57 bits per heavy atom. The second-order valence-corrected chi connectivity index (χ2v) is 7.91. The molecule has 3 heterocycles. The number of fused-ring (bicyclic) bond motifs is 1. The van der Waals surface area contributed by atoms with E-state index in [1.54, 1.807) is 0 Å². The summed E-state index contributed by atoms with van der Waals surface area (Å²) in [5, 5.41) is 11.4. The van der Waals surface area contributed by atoms with Crippen LogP contribution in [0, 0.1) is 11.6 Å². The first-order valence-corrected chi connectivity index (χ1v) is 10.6.